The minimum Gasteiger partial charge on any atom is -0.497 e. The molecule has 0 spiro atoms. The number of nitrogens with zero attached hydrogens (tertiary/aromatic N) is 3. The van der Waals surface area contributed by atoms with Gasteiger partial charge in [-0.15, -0.1) is 0 Å². The third-order valence-electron chi connectivity index (χ3n) is 6.24. The van der Waals surface area contributed by atoms with E-state index in [0.717, 1.165) is 61.3 Å². The Morgan fingerprint density at radius 1 is 1.00 bits per heavy atom. The van der Waals surface area contributed by atoms with Gasteiger partial charge < -0.3 is 24.6 Å². The summed E-state index contributed by atoms with van der Waals surface area (Å²) in [6, 6.07) is 20.6. The fourth-order valence-corrected chi connectivity index (χ4v) is 4.28. The Kier molecular flexibility index (Phi) is 6.18. The normalized spacial score (nSPS) is 15.4. The van der Waals surface area contributed by atoms with Crippen LogP contribution in [-0.4, -0.2) is 61.4 Å². The molecule has 0 saturated carbocycles. The maximum atomic E-state index is 12.9. The number of amides is 1. The van der Waals surface area contributed by atoms with Crippen molar-refractivity contribution in [2.45, 2.75) is 6.92 Å². The van der Waals surface area contributed by atoms with Crippen LogP contribution in [0.5, 0.6) is 17.2 Å². The largest absolute Gasteiger partial charge is 0.497 e. The number of likely N-dealkylation sites (N-methyl/N-ethyl adjacent to an activating group) is 1. The van der Waals surface area contributed by atoms with Gasteiger partial charge in [-0.3, -0.25) is 4.79 Å². The first-order chi connectivity index (χ1) is 16.6. The Labute approximate surface area is 199 Å². The van der Waals surface area contributed by atoms with Crippen LogP contribution in [-0.2, 0) is 0 Å². The number of hydrogen-bond acceptors (Lipinski definition) is 6. The van der Waals surface area contributed by atoms with Crippen molar-refractivity contribution in [3.8, 4) is 17.2 Å². The maximum Gasteiger partial charge on any atom is 0.255 e. The van der Waals surface area contributed by atoms with Crippen molar-refractivity contribution in [1.82, 2.24) is 9.80 Å². The molecule has 7 nitrogen and oxygen atoms in total. The van der Waals surface area contributed by atoms with Gasteiger partial charge in [-0.25, -0.2) is 4.99 Å². The highest BCUT2D eigenvalue weighted by atomic mass is 16.5. The molecule has 0 unspecified atom stereocenters. The van der Waals surface area contributed by atoms with E-state index in [1.54, 1.807) is 25.3 Å². The number of benzene rings is 3. The van der Waals surface area contributed by atoms with Gasteiger partial charge in [0.2, 0.25) is 0 Å². The number of methoxy groups -OCH3 is 1. The molecule has 174 valence electrons. The summed E-state index contributed by atoms with van der Waals surface area (Å²) < 4.78 is 11.5. The SMILES string of the molecule is CCN1CCN(C2=Nc3ccccc3Oc3ccc(NC(=O)c4cccc(OC)c4)cc32)CC1. The van der Waals surface area contributed by atoms with Crippen LogP contribution in [0.1, 0.15) is 22.8 Å². The lowest BCUT2D eigenvalue weighted by Gasteiger charge is -2.36. The van der Waals surface area contributed by atoms with Crippen molar-refractivity contribution >= 4 is 23.1 Å². The van der Waals surface area contributed by atoms with E-state index < -0.39 is 0 Å². The van der Waals surface area contributed by atoms with Gasteiger partial charge in [0.15, 0.2) is 5.75 Å². The van der Waals surface area contributed by atoms with Crippen LogP contribution < -0.4 is 14.8 Å². The second-order valence-electron chi connectivity index (χ2n) is 8.32. The molecule has 3 aromatic rings. The third kappa shape index (κ3) is 4.47. The molecule has 0 radical (unpaired) electrons. The first kappa shape index (κ1) is 22.0. The van der Waals surface area contributed by atoms with Gasteiger partial charge in [-0.2, -0.15) is 0 Å². The van der Waals surface area contributed by atoms with Crippen LogP contribution in [0.4, 0.5) is 11.4 Å². The second-order valence-corrected chi connectivity index (χ2v) is 8.32. The number of fused-ring (bicyclic) bond motifs is 2. The summed E-state index contributed by atoms with van der Waals surface area (Å²) >= 11 is 0. The van der Waals surface area contributed by atoms with Gasteiger partial charge in [0.05, 0.1) is 12.7 Å². The average molecular weight is 457 g/mol. The molecular formula is C27H28N4O3. The minimum absolute atomic E-state index is 0.202. The molecular weight excluding hydrogens is 428 g/mol. The Balaban J connectivity index is 1.48. The number of para-hydroxylation sites is 2. The molecule has 3 aromatic carbocycles. The van der Waals surface area contributed by atoms with Crippen LogP contribution in [0.25, 0.3) is 0 Å². The van der Waals surface area contributed by atoms with E-state index in [0.29, 0.717) is 17.0 Å². The number of carbonyl (C=O) groups excluding carboxylic acids is 1. The van der Waals surface area contributed by atoms with Crippen molar-refractivity contribution in [2.75, 3.05) is 45.2 Å². The van der Waals surface area contributed by atoms with E-state index in [1.165, 1.54) is 0 Å². The molecule has 2 aliphatic rings. The molecule has 2 heterocycles. The number of piperazine rings is 1. The van der Waals surface area contributed by atoms with Crippen LogP contribution >= 0.6 is 0 Å². The average Bonchev–Trinajstić information content (AvgIpc) is 3.05. The number of ether oxygens (including phenoxy) is 2. The van der Waals surface area contributed by atoms with Crippen molar-refractivity contribution in [1.29, 1.82) is 0 Å². The highest BCUT2D eigenvalue weighted by Crippen LogP contribution is 2.39. The molecule has 0 atom stereocenters. The monoisotopic (exact) mass is 456 g/mol. The van der Waals surface area contributed by atoms with Crippen molar-refractivity contribution in [3.63, 3.8) is 0 Å². The molecule has 0 bridgehead atoms. The molecule has 34 heavy (non-hydrogen) atoms. The Morgan fingerprint density at radius 3 is 2.62 bits per heavy atom. The predicted octanol–water partition coefficient (Wildman–Crippen LogP) is 4.77. The molecule has 1 N–H and O–H groups in total. The summed E-state index contributed by atoms with van der Waals surface area (Å²) in [6.45, 7) is 6.97. The molecule has 2 aliphatic heterocycles. The molecule has 5 rings (SSSR count). The van der Waals surface area contributed by atoms with Gasteiger partial charge in [-0.1, -0.05) is 25.1 Å². The number of nitrogens with one attached hydrogen (secondary N) is 1. The van der Waals surface area contributed by atoms with Crippen LogP contribution in [0.15, 0.2) is 71.7 Å². The van der Waals surface area contributed by atoms with Crippen molar-refractivity contribution in [3.05, 3.63) is 77.9 Å². The molecule has 1 saturated heterocycles. The standard InChI is InChI=1S/C27H28N4O3/c1-3-30-13-15-31(16-14-30)26-22-18-20(28-27(32)19-7-6-8-21(17-19)33-2)11-12-24(22)34-25-10-5-4-9-23(25)29-26/h4-12,17-18H,3,13-16H2,1-2H3,(H,28,32). The number of amidine groups is 1. The summed E-state index contributed by atoms with van der Waals surface area (Å²) in [6.07, 6.45) is 0. The van der Waals surface area contributed by atoms with Crippen LogP contribution in [0, 0.1) is 0 Å². The highest BCUT2D eigenvalue weighted by Gasteiger charge is 2.26. The van der Waals surface area contributed by atoms with E-state index >= 15 is 0 Å². The van der Waals surface area contributed by atoms with Gasteiger partial charge >= 0.3 is 0 Å². The lowest BCUT2D eigenvalue weighted by Crippen LogP contribution is -2.48. The van der Waals surface area contributed by atoms with Crippen LogP contribution in [0.2, 0.25) is 0 Å². The smallest absolute Gasteiger partial charge is 0.255 e. The molecule has 1 fully saturated rings. The predicted molar refractivity (Wildman–Crippen MR) is 134 cm³/mol. The van der Waals surface area contributed by atoms with E-state index in [4.69, 9.17) is 14.5 Å². The number of rotatable bonds is 4. The molecule has 1 amide bonds. The fourth-order valence-electron chi connectivity index (χ4n) is 4.28. The fraction of sp³-hybridized carbons (Fsp3) is 0.259. The van der Waals surface area contributed by atoms with E-state index in [9.17, 15) is 4.79 Å². The quantitative estimate of drug-likeness (QED) is 0.613. The minimum atomic E-state index is -0.202. The van der Waals surface area contributed by atoms with E-state index in [-0.39, 0.29) is 5.91 Å². The summed E-state index contributed by atoms with van der Waals surface area (Å²) in [4.78, 5) is 22.7. The first-order valence-corrected chi connectivity index (χ1v) is 11.6. The molecule has 0 aliphatic carbocycles. The molecule has 7 heteroatoms. The number of anilines is 1. The maximum absolute atomic E-state index is 12.9. The zero-order chi connectivity index (χ0) is 23.5. The Hall–Kier alpha value is -3.84. The van der Waals surface area contributed by atoms with Crippen molar-refractivity contribution < 1.29 is 14.3 Å². The van der Waals surface area contributed by atoms with E-state index in [2.05, 4.69) is 22.0 Å². The lowest BCUT2D eigenvalue weighted by molar-refractivity contribution is 0.102. The van der Waals surface area contributed by atoms with Gasteiger partial charge in [-0.05, 0) is 55.1 Å². The Bertz CT molecular complexity index is 1230. The zero-order valence-electron chi connectivity index (χ0n) is 19.5. The van der Waals surface area contributed by atoms with Gasteiger partial charge in [0.1, 0.15) is 23.0 Å². The van der Waals surface area contributed by atoms with Gasteiger partial charge in [0.25, 0.3) is 5.91 Å². The van der Waals surface area contributed by atoms with Crippen molar-refractivity contribution in [2.24, 2.45) is 4.99 Å². The third-order valence-corrected chi connectivity index (χ3v) is 6.24. The molecule has 0 aromatic heterocycles. The second kappa shape index (κ2) is 9.57. The van der Waals surface area contributed by atoms with Gasteiger partial charge in [0, 0.05) is 37.4 Å². The first-order valence-electron chi connectivity index (χ1n) is 11.6. The number of carbonyl (C=O) groups is 1. The topological polar surface area (TPSA) is 66.4 Å². The summed E-state index contributed by atoms with van der Waals surface area (Å²) in [7, 11) is 1.59. The summed E-state index contributed by atoms with van der Waals surface area (Å²) in [5.74, 6) is 2.75. The number of hydrogen-bond donors (Lipinski definition) is 1. The number of aliphatic imine (C=N–C) groups is 1. The highest BCUT2D eigenvalue weighted by molar-refractivity contribution is 6.07. The zero-order valence-corrected chi connectivity index (χ0v) is 19.5. The summed E-state index contributed by atoms with van der Waals surface area (Å²) in [5.41, 5.74) is 2.88. The lowest BCUT2D eigenvalue weighted by atomic mass is 10.1. The van der Waals surface area contributed by atoms with Crippen LogP contribution in [0.3, 0.4) is 0 Å². The Morgan fingerprint density at radius 2 is 1.82 bits per heavy atom. The van der Waals surface area contributed by atoms with E-state index in [1.807, 2.05) is 48.5 Å². The summed E-state index contributed by atoms with van der Waals surface area (Å²) in [5, 5.41) is 3.01.